The van der Waals surface area contributed by atoms with E-state index in [1.54, 1.807) is 12.0 Å². The lowest BCUT2D eigenvalue weighted by Crippen LogP contribution is -2.55. The summed E-state index contributed by atoms with van der Waals surface area (Å²) in [6.45, 7) is 8.09. The van der Waals surface area contributed by atoms with Crippen LogP contribution in [0.25, 0.3) is 10.8 Å². The number of ether oxygens (including phenoxy) is 2. The first-order valence-electron chi connectivity index (χ1n) is 15.4. The van der Waals surface area contributed by atoms with Gasteiger partial charge in [0.1, 0.15) is 17.8 Å². The Morgan fingerprint density at radius 1 is 0.978 bits per heavy atom. The van der Waals surface area contributed by atoms with Gasteiger partial charge in [-0.25, -0.2) is 0 Å². The van der Waals surface area contributed by atoms with Crippen molar-refractivity contribution in [1.29, 1.82) is 0 Å². The maximum Gasteiger partial charge on any atom is 0.243 e. The molecule has 3 aromatic carbocycles. The number of halogens is 1. The molecule has 0 aromatic heterocycles. The van der Waals surface area contributed by atoms with Crippen LogP contribution in [0.4, 0.5) is 0 Å². The van der Waals surface area contributed by atoms with Gasteiger partial charge in [-0.05, 0) is 48.2 Å². The highest BCUT2D eigenvalue weighted by atomic mass is 35.5. The fourth-order valence-corrected chi connectivity index (χ4v) is 5.48. The van der Waals surface area contributed by atoms with E-state index in [9.17, 15) is 14.4 Å². The van der Waals surface area contributed by atoms with E-state index in [1.165, 1.54) is 0 Å². The summed E-state index contributed by atoms with van der Waals surface area (Å²) in [5.41, 5.74) is 1.39. The molecular formula is C35H47ClN4O5. The third-order valence-corrected chi connectivity index (χ3v) is 7.79. The summed E-state index contributed by atoms with van der Waals surface area (Å²) >= 11 is 0. The third-order valence-electron chi connectivity index (χ3n) is 7.79. The van der Waals surface area contributed by atoms with E-state index in [-0.39, 0.29) is 36.9 Å². The van der Waals surface area contributed by atoms with Crippen molar-refractivity contribution in [3.05, 3.63) is 77.9 Å². The second-order valence-electron chi connectivity index (χ2n) is 12.3. The second-order valence-corrected chi connectivity index (χ2v) is 12.3. The van der Waals surface area contributed by atoms with Gasteiger partial charge >= 0.3 is 0 Å². The molecule has 9 nitrogen and oxygen atoms in total. The molecular weight excluding hydrogens is 592 g/mol. The minimum atomic E-state index is -0.770. The van der Waals surface area contributed by atoms with Gasteiger partial charge in [-0.15, -0.1) is 12.4 Å². The Bertz CT molecular complexity index is 1430. The van der Waals surface area contributed by atoms with Crippen LogP contribution in [0.15, 0.2) is 66.7 Å². The van der Waals surface area contributed by atoms with Crippen molar-refractivity contribution in [3.8, 4) is 5.75 Å². The molecule has 0 saturated carbocycles. The van der Waals surface area contributed by atoms with Crippen molar-refractivity contribution >= 4 is 40.9 Å². The average Bonchev–Trinajstić information content (AvgIpc) is 3.51. The molecule has 3 amide bonds. The minimum absolute atomic E-state index is 0. The topological polar surface area (TPSA) is 109 Å². The molecule has 0 spiro atoms. The van der Waals surface area contributed by atoms with Crippen molar-refractivity contribution in [2.75, 3.05) is 33.5 Å². The number of rotatable bonds is 14. The van der Waals surface area contributed by atoms with Crippen molar-refractivity contribution < 1.29 is 23.9 Å². The van der Waals surface area contributed by atoms with E-state index >= 15 is 0 Å². The van der Waals surface area contributed by atoms with E-state index in [2.05, 4.69) is 22.0 Å². The first-order chi connectivity index (χ1) is 21.2. The summed E-state index contributed by atoms with van der Waals surface area (Å²) in [5, 5.41) is 11.6. The van der Waals surface area contributed by atoms with E-state index < -0.39 is 17.5 Å². The van der Waals surface area contributed by atoms with Crippen LogP contribution >= 0.6 is 12.4 Å². The molecule has 0 radical (unpaired) electrons. The standard InChI is InChI=1S/C35H46N4O5.ClH/c1-35(2,3)34(42)39-20-9-14-30(39)33(41)38-29(22-25-16-17-26-11-5-6-12-27(26)21-25)32(40)37-19-10-18-36-23-28-13-7-8-15-31(28)44-24-43-4;/h5-8,11-13,15-17,21,29-30,36H,9-10,14,18-20,22-24H2,1-4H3,(H,37,40)(H,38,41);1H/t29-,30?;/m1./s1. The van der Waals surface area contributed by atoms with Gasteiger partial charge in [0, 0.05) is 44.1 Å². The number of nitrogens with zero attached hydrogens (tertiary/aromatic N) is 1. The lowest BCUT2D eigenvalue weighted by atomic mass is 9.94. The molecule has 1 saturated heterocycles. The van der Waals surface area contributed by atoms with E-state index in [4.69, 9.17) is 9.47 Å². The average molecular weight is 639 g/mol. The highest BCUT2D eigenvalue weighted by Crippen LogP contribution is 2.26. The predicted molar refractivity (Wildman–Crippen MR) is 179 cm³/mol. The molecule has 244 valence electrons. The molecule has 1 heterocycles. The molecule has 1 fully saturated rings. The smallest absolute Gasteiger partial charge is 0.243 e. The molecule has 10 heteroatoms. The van der Waals surface area contributed by atoms with Crippen LogP contribution in [-0.2, 0) is 32.1 Å². The number of fused-ring (bicyclic) bond motifs is 1. The van der Waals surface area contributed by atoms with Crippen LogP contribution in [0.5, 0.6) is 5.75 Å². The first-order valence-corrected chi connectivity index (χ1v) is 15.4. The first kappa shape index (κ1) is 35.8. The van der Waals surface area contributed by atoms with Gasteiger partial charge in [-0.1, -0.05) is 81.4 Å². The quantitative estimate of drug-likeness (QED) is 0.176. The van der Waals surface area contributed by atoms with Crippen LogP contribution in [0.3, 0.4) is 0 Å². The highest BCUT2D eigenvalue weighted by molar-refractivity contribution is 5.93. The van der Waals surface area contributed by atoms with Crippen molar-refractivity contribution in [3.63, 3.8) is 0 Å². The van der Waals surface area contributed by atoms with Gasteiger partial charge in [0.15, 0.2) is 6.79 Å². The summed E-state index contributed by atoms with van der Waals surface area (Å²) in [6.07, 6.45) is 2.40. The molecule has 0 aliphatic carbocycles. The molecule has 3 aromatic rings. The molecule has 1 aliphatic rings. The summed E-state index contributed by atoms with van der Waals surface area (Å²) < 4.78 is 10.6. The molecule has 45 heavy (non-hydrogen) atoms. The fraction of sp³-hybridized carbons (Fsp3) is 0.457. The second kappa shape index (κ2) is 17.1. The largest absolute Gasteiger partial charge is 0.467 e. The Morgan fingerprint density at radius 3 is 2.47 bits per heavy atom. The Kier molecular flexibility index (Phi) is 13.6. The monoisotopic (exact) mass is 638 g/mol. The van der Waals surface area contributed by atoms with E-state index in [0.29, 0.717) is 45.4 Å². The Morgan fingerprint density at radius 2 is 1.71 bits per heavy atom. The maximum absolute atomic E-state index is 13.5. The number of amides is 3. The number of nitrogens with one attached hydrogen (secondary N) is 3. The Balaban J connectivity index is 0.00000552. The van der Waals surface area contributed by atoms with E-state index in [0.717, 1.165) is 34.1 Å². The summed E-state index contributed by atoms with van der Waals surface area (Å²) in [5.74, 6) is 0.201. The summed E-state index contributed by atoms with van der Waals surface area (Å²) in [6, 6.07) is 20.6. The number of para-hydroxylation sites is 1. The van der Waals surface area contributed by atoms with Crippen LogP contribution in [0.1, 0.15) is 51.2 Å². The summed E-state index contributed by atoms with van der Waals surface area (Å²) in [7, 11) is 1.59. The number of hydrogen-bond acceptors (Lipinski definition) is 6. The van der Waals surface area contributed by atoms with E-state index in [1.807, 2.05) is 81.4 Å². The van der Waals surface area contributed by atoms with Gasteiger partial charge in [0.25, 0.3) is 0 Å². The number of hydrogen-bond donors (Lipinski definition) is 3. The number of methoxy groups -OCH3 is 1. The highest BCUT2D eigenvalue weighted by Gasteiger charge is 2.39. The third kappa shape index (κ3) is 10.2. The number of carbonyl (C=O) groups is 3. The van der Waals surface area contributed by atoms with Crippen molar-refractivity contribution in [1.82, 2.24) is 20.9 Å². The number of likely N-dealkylation sites (tertiary alicyclic amines) is 1. The van der Waals surface area contributed by atoms with Crippen LogP contribution < -0.4 is 20.7 Å². The van der Waals surface area contributed by atoms with Gasteiger partial charge in [0.05, 0.1) is 0 Å². The lowest BCUT2D eigenvalue weighted by molar-refractivity contribution is -0.145. The lowest BCUT2D eigenvalue weighted by Gasteiger charge is -2.31. The van der Waals surface area contributed by atoms with Crippen molar-refractivity contribution in [2.45, 2.75) is 65.1 Å². The Hall–Kier alpha value is -3.66. The van der Waals surface area contributed by atoms with Crippen LogP contribution in [0, 0.1) is 5.41 Å². The van der Waals surface area contributed by atoms with Crippen molar-refractivity contribution in [2.24, 2.45) is 5.41 Å². The maximum atomic E-state index is 13.5. The molecule has 0 bridgehead atoms. The zero-order valence-corrected chi connectivity index (χ0v) is 27.6. The zero-order chi connectivity index (χ0) is 31.5. The van der Waals surface area contributed by atoms with Crippen LogP contribution in [-0.4, -0.2) is 68.2 Å². The Labute approximate surface area is 272 Å². The molecule has 2 atom stereocenters. The SMILES string of the molecule is COCOc1ccccc1CNCCCNC(=O)[C@@H](Cc1ccc2ccccc2c1)NC(=O)C1CCCN1C(=O)C(C)(C)C.Cl. The van der Waals surface area contributed by atoms with Gasteiger partial charge in [-0.3, -0.25) is 14.4 Å². The number of benzene rings is 3. The van der Waals surface area contributed by atoms with Gasteiger partial charge in [-0.2, -0.15) is 0 Å². The van der Waals surface area contributed by atoms with Gasteiger partial charge < -0.3 is 30.3 Å². The van der Waals surface area contributed by atoms with Crippen LogP contribution in [0.2, 0.25) is 0 Å². The predicted octanol–water partition coefficient (Wildman–Crippen LogP) is 4.60. The molecule has 3 N–H and O–H groups in total. The molecule has 4 rings (SSSR count). The number of carbonyl (C=O) groups excluding carboxylic acids is 3. The molecule has 1 unspecified atom stereocenters. The fourth-order valence-electron chi connectivity index (χ4n) is 5.48. The minimum Gasteiger partial charge on any atom is -0.467 e. The molecule has 1 aliphatic heterocycles. The summed E-state index contributed by atoms with van der Waals surface area (Å²) in [4.78, 5) is 41.7. The van der Waals surface area contributed by atoms with Gasteiger partial charge in [0.2, 0.25) is 17.7 Å². The zero-order valence-electron chi connectivity index (χ0n) is 26.8. The normalized spacial score (nSPS) is 15.3.